The quantitative estimate of drug-likeness (QED) is 0.230. The summed E-state index contributed by atoms with van der Waals surface area (Å²) in [4.78, 5) is 65.3. The second-order valence-corrected chi connectivity index (χ2v) is 15.8. The molecule has 3 fully saturated rings. The fourth-order valence-electron chi connectivity index (χ4n) is 8.28. The Bertz CT molecular complexity index is 2070. The van der Waals surface area contributed by atoms with Gasteiger partial charge in [-0.2, -0.15) is 5.10 Å². The maximum absolute atomic E-state index is 14.6. The van der Waals surface area contributed by atoms with Gasteiger partial charge in [-0.3, -0.25) is 23.9 Å². The van der Waals surface area contributed by atoms with E-state index in [2.05, 4.69) is 48.7 Å². The highest BCUT2D eigenvalue weighted by atomic mass is 79.9. The Balaban J connectivity index is 1.18. The van der Waals surface area contributed by atoms with Gasteiger partial charge in [0, 0.05) is 64.8 Å². The third-order valence-corrected chi connectivity index (χ3v) is 11.7. The topological polar surface area (TPSA) is 139 Å². The molecular weight excluding hydrogens is 710 g/mol. The summed E-state index contributed by atoms with van der Waals surface area (Å²) in [6.07, 6.45) is 11.6. The molecule has 2 aromatic carbocycles. The number of halogens is 1. The van der Waals surface area contributed by atoms with Crippen molar-refractivity contribution in [1.82, 2.24) is 30.0 Å². The lowest BCUT2D eigenvalue weighted by atomic mass is 9.96. The number of hydrogen-bond acceptors (Lipinski definition) is 7. The summed E-state index contributed by atoms with van der Waals surface area (Å²) in [5.74, 6) is 0.465. The Hall–Kier alpha value is -4.45. The van der Waals surface area contributed by atoms with E-state index in [1.165, 1.54) is 6.92 Å². The van der Waals surface area contributed by atoms with Gasteiger partial charge in [-0.05, 0) is 98.7 Å². The van der Waals surface area contributed by atoms with Crippen molar-refractivity contribution in [3.05, 3.63) is 69.8 Å². The number of carbonyl (C=O) groups is 4. The van der Waals surface area contributed by atoms with E-state index < -0.39 is 6.04 Å². The third kappa shape index (κ3) is 6.58. The number of piperidine rings is 1. The Morgan fingerprint density at radius 2 is 1.75 bits per heavy atom. The minimum atomic E-state index is -0.709. The number of Topliss-reactive ketones (excluding diaryl/α,β-unsaturated/α-hetero) is 1. The van der Waals surface area contributed by atoms with Gasteiger partial charge in [-0.25, -0.2) is 9.97 Å². The highest BCUT2D eigenvalue weighted by Crippen LogP contribution is 2.59. The van der Waals surface area contributed by atoms with Crippen LogP contribution in [0.15, 0.2) is 47.2 Å². The van der Waals surface area contributed by atoms with Gasteiger partial charge in [0.15, 0.2) is 5.78 Å². The number of hydrogen-bond donors (Lipinski definition) is 2. The average Bonchev–Trinajstić information content (AvgIpc) is 4.01. The number of benzene rings is 2. The number of ketones is 1. The number of anilines is 1. The lowest BCUT2D eigenvalue weighted by Gasteiger charge is -2.27. The van der Waals surface area contributed by atoms with Crippen molar-refractivity contribution in [2.45, 2.75) is 103 Å². The molecule has 51 heavy (non-hydrogen) atoms. The first-order valence-corrected chi connectivity index (χ1v) is 18.9. The Kier molecular flexibility index (Phi) is 8.76. The monoisotopic (exact) mass is 751 g/mol. The van der Waals surface area contributed by atoms with Gasteiger partial charge in [0.1, 0.15) is 24.1 Å². The van der Waals surface area contributed by atoms with Crippen LogP contribution in [0.1, 0.15) is 98.1 Å². The van der Waals surface area contributed by atoms with Crippen LogP contribution in [0.2, 0.25) is 0 Å². The molecule has 264 valence electrons. The molecule has 2 aliphatic heterocycles. The van der Waals surface area contributed by atoms with Gasteiger partial charge < -0.3 is 15.5 Å². The highest BCUT2D eigenvalue weighted by Gasteiger charge is 2.67. The van der Waals surface area contributed by atoms with E-state index in [1.54, 1.807) is 22.0 Å². The van der Waals surface area contributed by atoms with Crippen LogP contribution < -0.4 is 10.6 Å². The first kappa shape index (κ1) is 33.7. The summed E-state index contributed by atoms with van der Waals surface area (Å²) < 4.78 is 2.55. The van der Waals surface area contributed by atoms with Crippen molar-refractivity contribution in [2.75, 3.05) is 11.9 Å². The number of rotatable bonds is 5. The van der Waals surface area contributed by atoms with Crippen LogP contribution >= 0.6 is 15.9 Å². The van der Waals surface area contributed by atoms with Crippen LogP contribution in [0.25, 0.3) is 22.0 Å². The van der Waals surface area contributed by atoms with Crippen molar-refractivity contribution in [3.8, 4) is 11.1 Å². The minimum absolute atomic E-state index is 0.0138. The second-order valence-electron chi connectivity index (χ2n) is 14.9. The molecule has 0 spiro atoms. The van der Waals surface area contributed by atoms with Gasteiger partial charge in [0.05, 0.1) is 5.52 Å². The van der Waals surface area contributed by atoms with Crippen molar-refractivity contribution in [1.29, 1.82) is 0 Å². The van der Waals surface area contributed by atoms with E-state index in [4.69, 9.17) is 5.10 Å². The van der Waals surface area contributed by atoms with Gasteiger partial charge in [-0.1, -0.05) is 34.8 Å². The zero-order valence-corrected chi connectivity index (χ0v) is 30.6. The number of carbonyl (C=O) groups excluding carboxylic acids is 4. The minimum Gasteiger partial charge on any atom is -0.355 e. The fourth-order valence-corrected chi connectivity index (χ4v) is 8.64. The van der Waals surface area contributed by atoms with E-state index in [0.717, 1.165) is 82.9 Å². The largest absolute Gasteiger partial charge is 0.355 e. The molecule has 8 rings (SSSR count). The van der Waals surface area contributed by atoms with Gasteiger partial charge in [0.25, 0.3) is 0 Å². The van der Waals surface area contributed by atoms with Crippen molar-refractivity contribution in [2.24, 2.45) is 5.41 Å². The Labute approximate surface area is 305 Å². The molecule has 0 radical (unpaired) electrons. The summed E-state index contributed by atoms with van der Waals surface area (Å²) in [5.41, 5.74) is 5.29. The van der Waals surface area contributed by atoms with Crippen LogP contribution in [0, 0.1) is 12.3 Å². The first-order chi connectivity index (χ1) is 24.6. The number of aryl methyl sites for hydroxylation is 2. The van der Waals surface area contributed by atoms with Gasteiger partial charge in [0.2, 0.25) is 17.7 Å². The molecular formula is C39H42BrN7O4. The maximum atomic E-state index is 14.6. The molecule has 2 aliphatic carbocycles. The van der Waals surface area contributed by atoms with Crippen molar-refractivity contribution >= 4 is 56.0 Å². The van der Waals surface area contributed by atoms with Gasteiger partial charge in [-0.15, -0.1) is 0 Å². The van der Waals surface area contributed by atoms with Crippen LogP contribution in [0.3, 0.4) is 0 Å². The van der Waals surface area contributed by atoms with Crippen LogP contribution in [0.4, 0.5) is 5.69 Å². The van der Waals surface area contributed by atoms with E-state index in [9.17, 15) is 19.2 Å². The van der Waals surface area contributed by atoms with Crippen LogP contribution in [-0.2, 0) is 27.3 Å². The summed E-state index contributed by atoms with van der Waals surface area (Å²) >= 11 is 3.56. The summed E-state index contributed by atoms with van der Waals surface area (Å²) in [7, 11) is 0. The molecule has 2 saturated carbocycles. The van der Waals surface area contributed by atoms with E-state index in [1.807, 2.05) is 25.1 Å². The summed E-state index contributed by atoms with van der Waals surface area (Å²) in [6.45, 7) is 3.66. The predicted octanol–water partition coefficient (Wildman–Crippen LogP) is 6.27. The van der Waals surface area contributed by atoms with Crippen LogP contribution in [0.5, 0.6) is 0 Å². The lowest BCUT2D eigenvalue weighted by molar-refractivity contribution is -0.138. The van der Waals surface area contributed by atoms with Crippen molar-refractivity contribution < 1.29 is 19.2 Å². The molecule has 1 saturated heterocycles. The molecule has 4 aromatic rings. The molecule has 2 N–H and O–H groups in total. The van der Waals surface area contributed by atoms with Gasteiger partial charge >= 0.3 is 0 Å². The Morgan fingerprint density at radius 1 is 0.980 bits per heavy atom. The number of nitrogens with zero attached hydrogens (tertiary/aromatic N) is 5. The highest BCUT2D eigenvalue weighted by molar-refractivity contribution is 9.10. The standard InChI is InChI=1S/C39H42BrN7O4/c1-22(48)36-30-14-26(27-18-41-23(2)42-19-27)13-25-7-5-3-4-6-8-34(49)43-21-39-16-32(47(33(39)17-39)35(50)20-46(45-36)37(25)30)38(51)44-31-15-28(40)11-12-29(31)24-9-10-24/h11-15,18-19,24,32-33H,3-10,16-17,20-21H2,1-2H3,(H,43,49)(H,44,51)/t32-,33+,39-/m0/s1. The lowest BCUT2D eigenvalue weighted by Crippen LogP contribution is -2.46. The third-order valence-electron chi connectivity index (χ3n) is 11.2. The molecule has 2 aromatic heterocycles. The molecule has 3 atom stereocenters. The molecule has 11 nitrogen and oxygen atoms in total. The Morgan fingerprint density at radius 3 is 2.49 bits per heavy atom. The number of nitrogens with one attached hydrogen (secondary N) is 2. The number of amides is 3. The molecule has 2 bridgehead atoms. The van der Waals surface area contributed by atoms with E-state index in [-0.39, 0.29) is 41.5 Å². The molecule has 4 aliphatic rings. The first-order valence-electron chi connectivity index (χ1n) is 18.1. The molecule has 4 heterocycles. The van der Waals surface area contributed by atoms with E-state index >= 15 is 0 Å². The summed E-state index contributed by atoms with van der Waals surface area (Å²) in [6, 6.07) is 9.15. The molecule has 12 heteroatoms. The van der Waals surface area contributed by atoms with Crippen molar-refractivity contribution in [3.63, 3.8) is 0 Å². The summed E-state index contributed by atoms with van der Waals surface area (Å²) in [5, 5.41) is 11.8. The zero-order chi connectivity index (χ0) is 35.4. The maximum Gasteiger partial charge on any atom is 0.247 e. The fraction of sp³-hybridized carbons (Fsp3) is 0.462. The zero-order valence-electron chi connectivity index (χ0n) is 29.0. The van der Waals surface area contributed by atoms with E-state index in [0.29, 0.717) is 48.6 Å². The average molecular weight is 753 g/mol. The van der Waals surface area contributed by atoms with Crippen LogP contribution in [-0.4, -0.2) is 66.8 Å². The predicted molar refractivity (Wildman–Crippen MR) is 196 cm³/mol. The molecule has 0 unspecified atom stereocenters. The molecule has 3 amide bonds. The SMILES string of the molecule is CC(=O)c1nn2c3c(cc(-c4cnc(C)nc4)cc13)CCCCCCC(=O)NC[C@@]13C[C@@H](C(=O)Nc4cc(Br)ccc4C4CC4)N(C(=O)C2)[C@@H]1C3. The normalized spacial score (nSPS) is 23.8. The number of aromatic nitrogens is 4. The second kappa shape index (κ2) is 13.3. The smallest absolute Gasteiger partial charge is 0.247 e.